The maximum atomic E-state index is 11.7. The van der Waals surface area contributed by atoms with Gasteiger partial charge in [-0.3, -0.25) is 4.79 Å². The first-order valence-corrected chi connectivity index (χ1v) is 4.75. The molecule has 4 nitrogen and oxygen atoms in total. The van der Waals surface area contributed by atoms with Crippen molar-refractivity contribution in [1.82, 2.24) is 10.6 Å². The van der Waals surface area contributed by atoms with E-state index in [0.29, 0.717) is 0 Å². The highest BCUT2D eigenvalue weighted by atomic mass is 16.3. The molecule has 1 unspecified atom stereocenters. The summed E-state index contributed by atoms with van der Waals surface area (Å²) in [4.78, 5) is 11.7. The number of amides is 1. The molecule has 13 heavy (non-hydrogen) atoms. The molecule has 1 aliphatic rings. The van der Waals surface area contributed by atoms with E-state index in [1.54, 1.807) is 6.92 Å². The van der Waals surface area contributed by atoms with Gasteiger partial charge in [-0.2, -0.15) is 0 Å². The predicted octanol–water partition coefficient (Wildman–Crippen LogP) is -0.374. The quantitative estimate of drug-likeness (QED) is 0.563. The highest BCUT2D eigenvalue weighted by Gasteiger charge is 2.36. The largest absolute Gasteiger partial charge is 0.394 e. The third-order valence-corrected chi connectivity index (χ3v) is 2.52. The molecule has 1 rings (SSSR count). The standard InChI is InChI=1S/C9H18N2O2/c1-7(6-12)11-8(13)9(2)4-3-5-10-9/h7,10,12H,3-6H2,1-2H3,(H,11,13)/t7-,9?/m1/s1. The summed E-state index contributed by atoms with van der Waals surface area (Å²) in [7, 11) is 0. The van der Waals surface area contributed by atoms with Gasteiger partial charge in [0.15, 0.2) is 0 Å². The minimum atomic E-state index is -0.427. The van der Waals surface area contributed by atoms with E-state index >= 15 is 0 Å². The maximum absolute atomic E-state index is 11.7. The van der Waals surface area contributed by atoms with Crippen molar-refractivity contribution in [3.05, 3.63) is 0 Å². The van der Waals surface area contributed by atoms with Gasteiger partial charge < -0.3 is 15.7 Å². The highest BCUT2D eigenvalue weighted by molar-refractivity contribution is 5.86. The molecule has 0 aromatic carbocycles. The minimum absolute atomic E-state index is 0.00782. The normalized spacial score (nSPS) is 30.1. The van der Waals surface area contributed by atoms with Gasteiger partial charge in [-0.25, -0.2) is 0 Å². The monoisotopic (exact) mass is 186 g/mol. The highest BCUT2D eigenvalue weighted by Crippen LogP contribution is 2.18. The van der Waals surface area contributed by atoms with E-state index in [4.69, 9.17) is 5.11 Å². The number of hydrogen-bond acceptors (Lipinski definition) is 3. The number of rotatable bonds is 3. The van der Waals surface area contributed by atoms with E-state index in [0.717, 1.165) is 19.4 Å². The van der Waals surface area contributed by atoms with E-state index in [2.05, 4.69) is 10.6 Å². The summed E-state index contributed by atoms with van der Waals surface area (Å²) in [5, 5.41) is 14.7. The first-order valence-electron chi connectivity index (χ1n) is 4.75. The van der Waals surface area contributed by atoms with Crippen molar-refractivity contribution in [2.75, 3.05) is 13.2 Å². The SMILES string of the molecule is C[C@H](CO)NC(=O)C1(C)CCCN1. The van der Waals surface area contributed by atoms with Crippen LogP contribution in [-0.4, -0.2) is 35.7 Å². The Bertz CT molecular complexity index is 188. The van der Waals surface area contributed by atoms with Gasteiger partial charge in [-0.15, -0.1) is 0 Å². The molecular formula is C9H18N2O2. The fourth-order valence-corrected chi connectivity index (χ4v) is 1.52. The van der Waals surface area contributed by atoms with E-state index in [9.17, 15) is 4.79 Å². The lowest BCUT2D eigenvalue weighted by atomic mass is 9.99. The Kier molecular flexibility index (Phi) is 3.27. The summed E-state index contributed by atoms with van der Waals surface area (Å²) in [6.07, 6.45) is 1.91. The first kappa shape index (κ1) is 10.5. The van der Waals surface area contributed by atoms with E-state index in [-0.39, 0.29) is 18.6 Å². The van der Waals surface area contributed by atoms with E-state index < -0.39 is 5.54 Å². The van der Waals surface area contributed by atoms with Crippen molar-refractivity contribution in [2.24, 2.45) is 0 Å². The van der Waals surface area contributed by atoms with E-state index in [1.165, 1.54) is 0 Å². The van der Waals surface area contributed by atoms with Crippen LogP contribution >= 0.6 is 0 Å². The van der Waals surface area contributed by atoms with Crippen molar-refractivity contribution in [2.45, 2.75) is 38.3 Å². The van der Waals surface area contributed by atoms with Gasteiger partial charge in [-0.05, 0) is 33.2 Å². The number of aliphatic hydroxyl groups excluding tert-OH is 1. The summed E-state index contributed by atoms with van der Waals surface area (Å²) in [5.41, 5.74) is -0.427. The zero-order chi connectivity index (χ0) is 9.90. The van der Waals surface area contributed by atoms with Crippen molar-refractivity contribution < 1.29 is 9.90 Å². The molecule has 0 saturated carbocycles. The van der Waals surface area contributed by atoms with Crippen LogP contribution in [0.2, 0.25) is 0 Å². The molecule has 4 heteroatoms. The Morgan fingerprint density at radius 1 is 1.77 bits per heavy atom. The number of nitrogens with one attached hydrogen (secondary N) is 2. The van der Waals surface area contributed by atoms with Gasteiger partial charge in [0.25, 0.3) is 0 Å². The Hall–Kier alpha value is -0.610. The molecule has 1 saturated heterocycles. The van der Waals surface area contributed by atoms with Crippen LogP contribution in [-0.2, 0) is 4.79 Å². The van der Waals surface area contributed by atoms with Gasteiger partial charge in [0.2, 0.25) is 5.91 Å². The van der Waals surface area contributed by atoms with Crippen LogP contribution in [0.5, 0.6) is 0 Å². The third kappa shape index (κ3) is 2.42. The third-order valence-electron chi connectivity index (χ3n) is 2.52. The minimum Gasteiger partial charge on any atom is -0.394 e. The molecular weight excluding hydrogens is 168 g/mol. The second kappa shape index (κ2) is 4.07. The molecule has 0 bridgehead atoms. The van der Waals surface area contributed by atoms with Crippen LogP contribution in [0.4, 0.5) is 0 Å². The van der Waals surface area contributed by atoms with Gasteiger partial charge in [0.1, 0.15) is 0 Å². The Morgan fingerprint density at radius 2 is 2.46 bits per heavy atom. The molecule has 3 N–H and O–H groups in total. The van der Waals surface area contributed by atoms with Crippen molar-refractivity contribution in [3.8, 4) is 0 Å². The fourth-order valence-electron chi connectivity index (χ4n) is 1.52. The van der Waals surface area contributed by atoms with Crippen molar-refractivity contribution in [3.63, 3.8) is 0 Å². The molecule has 1 heterocycles. The Balaban J connectivity index is 2.46. The van der Waals surface area contributed by atoms with Crippen LogP contribution in [0.25, 0.3) is 0 Å². The molecule has 76 valence electrons. The van der Waals surface area contributed by atoms with Crippen molar-refractivity contribution >= 4 is 5.91 Å². The summed E-state index contributed by atoms with van der Waals surface area (Å²) in [6.45, 7) is 4.58. The number of carbonyl (C=O) groups is 1. The Labute approximate surface area is 78.7 Å². The first-order chi connectivity index (χ1) is 6.08. The lowest BCUT2D eigenvalue weighted by Crippen LogP contribution is -2.53. The van der Waals surface area contributed by atoms with Crippen LogP contribution in [0, 0.1) is 0 Å². The van der Waals surface area contributed by atoms with Gasteiger partial charge in [-0.1, -0.05) is 0 Å². The predicted molar refractivity (Wildman–Crippen MR) is 50.3 cm³/mol. The molecule has 0 spiro atoms. The van der Waals surface area contributed by atoms with E-state index in [1.807, 2.05) is 6.92 Å². The molecule has 0 radical (unpaired) electrons. The van der Waals surface area contributed by atoms with Gasteiger partial charge in [0.05, 0.1) is 12.1 Å². The molecule has 0 aromatic rings. The second-order valence-electron chi connectivity index (χ2n) is 3.92. The maximum Gasteiger partial charge on any atom is 0.240 e. The topological polar surface area (TPSA) is 61.4 Å². The molecule has 0 aromatic heterocycles. The summed E-state index contributed by atoms with van der Waals surface area (Å²) in [5.74, 6) is -0.00782. The molecule has 1 fully saturated rings. The zero-order valence-corrected chi connectivity index (χ0v) is 8.26. The summed E-state index contributed by atoms with van der Waals surface area (Å²) >= 11 is 0. The lowest BCUT2D eigenvalue weighted by Gasteiger charge is -2.24. The van der Waals surface area contributed by atoms with Crippen LogP contribution in [0.3, 0.4) is 0 Å². The molecule has 0 aliphatic carbocycles. The second-order valence-corrected chi connectivity index (χ2v) is 3.92. The molecule has 1 aliphatic heterocycles. The van der Waals surface area contributed by atoms with Crippen LogP contribution in [0.1, 0.15) is 26.7 Å². The summed E-state index contributed by atoms with van der Waals surface area (Å²) < 4.78 is 0. The van der Waals surface area contributed by atoms with Crippen molar-refractivity contribution in [1.29, 1.82) is 0 Å². The molecule has 1 amide bonds. The average molecular weight is 186 g/mol. The van der Waals surface area contributed by atoms with Gasteiger partial charge in [0, 0.05) is 6.04 Å². The number of hydrogen-bond donors (Lipinski definition) is 3. The van der Waals surface area contributed by atoms with Crippen LogP contribution in [0.15, 0.2) is 0 Å². The molecule has 2 atom stereocenters. The zero-order valence-electron chi connectivity index (χ0n) is 8.26. The van der Waals surface area contributed by atoms with Crippen LogP contribution < -0.4 is 10.6 Å². The number of carbonyl (C=O) groups excluding carboxylic acids is 1. The fraction of sp³-hybridized carbons (Fsp3) is 0.889. The smallest absolute Gasteiger partial charge is 0.240 e. The Morgan fingerprint density at radius 3 is 2.92 bits per heavy atom. The average Bonchev–Trinajstić information content (AvgIpc) is 2.53. The summed E-state index contributed by atoms with van der Waals surface area (Å²) in [6, 6.07) is -0.160. The number of aliphatic hydroxyl groups is 1. The van der Waals surface area contributed by atoms with Gasteiger partial charge >= 0.3 is 0 Å². The lowest BCUT2D eigenvalue weighted by molar-refractivity contribution is -0.127.